The van der Waals surface area contributed by atoms with Gasteiger partial charge >= 0.3 is 5.97 Å². The Balaban J connectivity index is 3.76. The van der Waals surface area contributed by atoms with Crippen molar-refractivity contribution in [1.29, 1.82) is 0 Å². The lowest BCUT2D eigenvalue weighted by Gasteiger charge is -2.20. The average molecular weight is 287 g/mol. The zero-order valence-electron chi connectivity index (χ0n) is 13.0. The van der Waals surface area contributed by atoms with E-state index < -0.39 is 5.97 Å². The van der Waals surface area contributed by atoms with Gasteiger partial charge < -0.3 is 15.2 Å². The summed E-state index contributed by atoms with van der Waals surface area (Å²) in [5.41, 5.74) is 0. The average Bonchev–Trinajstić information content (AvgIpc) is 2.38. The molecular formula is C15H29NO4. The molecule has 118 valence electrons. The lowest BCUT2D eigenvalue weighted by atomic mass is 9.88. The Hall–Kier alpha value is -1.10. The molecule has 0 fully saturated rings. The first-order valence-corrected chi connectivity index (χ1v) is 7.53. The Morgan fingerprint density at radius 3 is 2.45 bits per heavy atom. The molecular weight excluding hydrogens is 258 g/mol. The molecule has 0 saturated heterocycles. The molecule has 0 aromatic carbocycles. The van der Waals surface area contributed by atoms with E-state index in [0.717, 1.165) is 12.8 Å². The minimum Gasteiger partial charge on any atom is -0.481 e. The van der Waals surface area contributed by atoms with E-state index in [-0.39, 0.29) is 12.3 Å². The molecule has 0 rings (SSSR count). The maximum atomic E-state index is 11.6. The minimum absolute atomic E-state index is 0.0467. The lowest BCUT2D eigenvalue weighted by molar-refractivity contribution is -0.137. The first-order valence-electron chi connectivity index (χ1n) is 7.53. The van der Waals surface area contributed by atoms with Crippen molar-refractivity contribution < 1.29 is 19.4 Å². The van der Waals surface area contributed by atoms with Crippen LogP contribution in [0.1, 0.15) is 52.9 Å². The molecule has 5 heteroatoms. The van der Waals surface area contributed by atoms with Crippen LogP contribution in [0, 0.1) is 11.8 Å². The molecule has 20 heavy (non-hydrogen) atoms. The second kappa shape index (κ2) is 11.7. The zero-order chi connectivity index (χ0) is 15.4. The van der Waals surface area contributed by atoms with Crippen LogP contribution in [0.2, 0.25) is 0 Å². The molecule has 1 unspecified atom stereocenters. The Kier molecular flexibility index (Phi) is 11.1. The third-order valence-corrected chi connectivity index (χ3v) is 3.41. The number of carboxylic acids is 1. The van der Waals surface area contributed by atoms with Crippen LogP contribution in [0.25, 0.3) is 0 Å². The van der Waals surface area contributed by atoms with Crippen molar-refractivity contribution in [3.63, 3.8) is 0 Å². The van der Waals surface area contributed by atoms with Crippen molar-refractivity contribution in [2.75, 3.05) is 19.8 Å². The van der Waals surface area contributed by atoms with E-state index in [9.17, 15) is 9.59 Å². The number of amides is 1. The van der Waals surface area contributed by atoms with Crippen molar-refractivity contribution in [3.05, 3.63) is 0 Å². The largest absolute Gasteiger partial charge is 0.481 e. The Bertz CT molecular complexity index is 279. The Morgan fingerprint density at radius 1 is 1.20 bits per heavy atom. The van der Waals surface area contributed by atoms with Gasteiger partial charge in [0, 0.05) is 32.6 Å². The summed E-state index contributed by atoms with van der Waals surface area (Å²) in [7, 11) is 0. The molecule has 0 aliphatic heterocycles. The highest BCUT2D eigenvalue weighted by molar-refractivity contribution is 5.75. The SMILES string of the molecule is CCOCCCC(=O)NCCC(CCC(=O)O)C(C)C. The van der Waals surface area contributed by atoms with E-state index in [0.29, 0.717) is 44.4 Å². The molecule has 2 N–H and O–H groups in total. The summed E-state index contributed by atoms with van der Waals surface area (Å²) in [5, 5.41) is 11.6. The van der Waals surface area contributed by atoms with Crippen LogP contribution in [-0.2, 0) is 14.3 Å². The normalized spacial score (nSPS) is 12.4. The zero-order valence-corrected chi connectivity index (χ0v) is 13.0. The van der Waals surface area contributed by atoms with Crippen molar-refractivity contribution >= 4 is 11.9 Å². The number of aliphatic carboxylic acids is 1. The maximum Gasteiger partial charge on any atom is 0.303 e. The molecule has 0 saturated carbocycles. The smallest absolute Gasteiger partial charge is 0.303 e. The minimum atomic E-state index is -0.754. The second-order valence-electron chi connectivity index (χ2n) is 5.38. The van der Waals surface area contributed by atoms with E-state index in [4.69, 9.17) is 9.84 Å². The summed E-state index contributed by atoms with van der Waals surface area (Å²) < 4.78 is 5.18. The Labute approximate surface area is 122 Å². The highest BCUT2D eigenvalue weighted by atomic mass is 16.5. The highest BCUT2D eigenvalue weighted by Gasteiger charge is 2.15. The van der Waals surface area contributed by atoms with Gasteiger partial charge in [0.15, 0.2) is 0 Å². The van der Waals surface area contributed by atoms with Crippen molar-refractivity contribution in [1.82, 2.24) is 5.32 Å². The van der Waals surface area contributed by atoms with Gasteiger partial charge in [-0.1, -0.05) is 13.8 Å². The van der Waals surface area contributed by atoms with Crippen LogP contribution in [0.3, 0.4) is 0 Å². The van der Waals surface area contributed by atoms with Crippen LogP contribution in [-0.4, -0.2) is 36.7 Å². The third kappa shape index (κ3) is 10.8. The molecule has 0 bridgehead atoms. The number of ether oxygens (including phenoxy) is 1. The molecule has 0 spiro atoms. The Morgan fingerprint density at radius 2 is 1.90 bits per heavy atom. The van der Waals surface area contributed by atoms with E-state index in [2.05, 4.69) is 19.2 Å². The van der Waals surface area contributed by atoms with Gasteiger partial charge in [-0.2, -0.15) is 0 Å². The third-order valence-electron chi connectivity index (χ3n) is 3.41. The fraction of sp³-hybridized carbons (Fsp3) is 0.867. The molecule has 0 aromatic rings. The fourth-order valence-corrected chi connectivity index (χ4v) is 2.08. The summed E-state index contributed by atoms with van der Waals surface area (Å²) in [4.78, 5) is 22.2. The predicted octanol–water partition coefficient (Wildman–Crippen LogP) is 2.45. The van der Waals surface area contributed by atoms with Gasteiger partial charge in [-0.25, -0.2) is 0 Å². The number of carbonyl (C=O) groups is 2. The molecule has 0 aliphatic rings. The summed E-state index contributed by atoms with van der Waals surface area (Å²) in [6.45, 7) is 8.05. The van der Waals surface area contributed by atoms with E-state index in [1.807, 2.05) is 6.92 Å². The second-order valence-corrected chi connectivity index (χ2v) is 5.38. The lowest BCUT2D eigenvalue weighted by Crippen LogP contribution is -2.27. The summed E-state index contributed by atoms with van der Waals surface area (Å²) in [5.74, 6) is 0.0695. The van der Waals surface area contributed by atoms with E-state index in [1.165, 1.54) is 0 Å². The maximum absolute atomic E-state index is 11.6. The van der Waals surface area contributed by atoms with Gasteiger partial charge in [-0.3, -0.25) is 9.59 Å². The molecule has 1 atom stereocenters. The van der Waals surface area contributed by atoms with Crippen molar-refractivity contribution in [3.8, 4) is 0 Å². The topological polar surface area (TPSA) is 75.6 Å². The molecule has 0 radical (unpaired) electrons. The van der Waals surface area contributed by atoms with Crippen LogP contribution < -0.4 is 5.32 Å². The van der Waals surface area contributed by atoms with Crippen LogP contribution in [0.15, 0.2) is 0 Å². The summed E-state index contributed by atoms with van der Waals surface area (Å²) in [6.07, 6.45) is 2.94. The molecule has 5 nitrogen and oxygen atoms in total. The van der Waals surface area contributed by atoms with Gasteiger partial charge in [-0.15, -0.1) is 0 Å². The molecule has 1 amide bonds. The van der Waals surface area contributed by atoms with Crippen molar-refractivity contribution in [2.45, 2.75) is 52.9 Å². The van der Waals surface area contributed by atoms with E-state index in [1.54, 1.807) is 0 Å². The summed E-state index contributed by atoms with van der Waals surface area (Å²) >= 11 is 0. The summed E-state index contributed by atoms with van der Waals surface area (Å²) in [6, 6.07) is 0. The number of hydrogen-bond acceptors (Lipinski definition) is 3. The highest BCUT2D eigenvalue weighted by Crippen LogP contribution is 2.20. The number of carbonyl (C=O) groups excluding carboxylic acids is 1. The monoisotopic (exact) mass is 287 g/mol. The van der Waals surface area contributed by atoms with Gasteiger partial charge in [-0.05, 0) is 38.0 Å². The first-order chi connectivity index (χ1) is 9.47. The van der Waals surface area contributed by atoms with Crippen LogP contribution >= 0.6 is 0 Å². The van der Waals surface area contributed by atoms with Gasteiger partial charge in [0.05, 0.1) is 0 Å². The number of hydrogen-bond donors (Lipinski definition) is 2. The van der Waals surface area contributed by atoms with Crippen LogP contribution in [0.4, 0.5) is 0 Å². The van der Waals surface area contributed by atoms with Gasteiger partial charge in [0.2, 0.25) is 5.91 Å². The van der Waals surface area contributed by atoms with E-state index >= 15 is 0 Å². The number of nitrogens with one attached hydrogen (secondary N) is 1. The van der Waals surface area contributed by atoms with Crippen molar-refractivity contribution in [2.24, 2.45) is 11.8 Å². The first kappa shape index (κ1) is 18.9. The predicted molar refractivity (Wildman–Crippen MR) is 78.6 cm³/mol. The number of rotatable bonds is 12. The standard InChI is InChI=1S/C15H29NO4/c1-4-20-11-5-6-14(17)16-10-9-13(12(2)3)7-8-15(18)19/h12-13H,4-11H2,1-3H3,(H,16,17)(H,18,19). The van der Waals surface area contributed by atoms with Gasteiger partial charge in [0.1, 0.15) is 0 Å². The number of carboxylic acid groups (broad SMARTS) is 1. The molecule has 0 aromatic heterocycles. The molecule has 0 heterocycles. The van der Waals surface area contributed by atoms with Crippen LogP contribution in [0.5, 0.6) is 0 Å². The van der Waals surface area contributed by atoms with Gasteiger partial charge in [0.25, 0.3) is 0 Å². The fourth-order valence-electron chi connectivity index (χ4n) is 2.08. The molecule has 0 aliphatic carbocycles. The quantitative estimate of drug-likeness (QED) is 0.541.